The first-order valence-corrected chi connectivity index (χ1v) is 12.8. The molecular formula is C28H27FN4O3S. The molecule has 4 aromatic rings. The maximum absolute atomic E-state index is 13.5. The fourth-order valence-electron chi connectivity index (χ4n) is 3.90. The van der Waals surface area contributed by atoms with Crippen LogP contribution >= 0.6 is 11.8 Å². The highest BCUT2D eigenvalue weighted by Crippen LogP contribution is 2.30. The molecule has 37 heavy (non-hydrogen) atoms. The standard InChI is InChI=1S/C28H27FN4O3S/c1-4-36-26(35)17-32(23-13-11-22(29)12-14-23)25(34)18-37-28-31-30-27(21-8-6-5-7-9-21)33(28)24-15-10-19(2)16-20(24)3/h5-16H,4,17-18H2,1-3H3. The van der Waals surface area contributed by atoms with E-state index in [1.165, 1.54) is 40.9 Å². The van der Waals surface area contributed by atoms with E-state index >= 15 is 0 Å². The lowest BCUT2D eigenvalue weighted by atomic mass is 10.1. The quantitative estimate of drug-likeness (QED) is 0.219. The summed E-state index contributed by atoms with van der Waals surface area (Å²) in [6.45, 7) is 5.66. The Hall–Kier alpha value is -3.98. The molecule has 190 valence electrons. The van der Waals surface area contributed by atoms with Crippen LogP contribution in [-0.2, 0) is 14.3 Å². The third-order valence-corrected chi connectivity index (χ3v) is 6.53. The van der Waals surface area contributed by atoms with Crippen molar-refractivity contribution in [2.24, 2.45) is 0 Å². The fraction of sp³-hybridized carbons (Fsp3) is 0.214. The zero-order chi connectivity index (χ0) is 26.4. The average Bonchev–Trinajstić information content (AvgIpc) is 3.31. The lowest BCUT2D eigenvalue weighted by Crippen LogP contribution is -2.37. The molecule has 0 spiro atoms. The van der Waals surface area contributed by atoms with Crippen LogP contribution in [0, 0.1) is 19.7 Å². The maximum Gasteiger partial charge on any atom is 0.326 e. The van der Waals surface area contributed by atoms with Crippen LogP contribution in [0.15, 0.2) is 78.0 Å². The summed E-state index contributed by atoms with van der Waals surface area (Å²) in [6, 6.07) is 21.2. The van der Waals surface area contributed by atoms with Gasteiger partial charge in [0.15, 0.2) is 11.0 Å². The molecule has 0 radical (unpaired) electrons. The topological polar surface area (TPSA) is 77.3 Å². The van der Waals surface area contributed by atoms with Gasteiger partial charge in [-0.3, -0.25) is 14.2 Å². The van der Waals surface area contributed by atoms with E-state index in [2.05, 4.69) is 16.3 Å². The molecular weight excluding hydrogens is 491 g/mol. The molecule has 1 aromatic heterocycles. The predicted octanol–water partition coefficient (Wildman–Crippen LogP) is 5.38. The number of ether oxygens (including phenoxy) is 1. The predicted molar refractivity (Wildman–Crippen MR) is 142 cm³/mol. The van der Waals surface area contributed by atoms with Gasteiger partial charge >= 0.3 is 5.97 Å². The molecule has 3 aromatic carbocycles. The minimum Gasteiger partial charge on any atom is -0.465 e. The summed E-state index contributed by atoms with van der Waals surface area (Å²) in [5, 5.41) is 9.38. The molecule has 0 N–H and O–H groups in total. The second-order valence-corrected chi connectivity index (χ2v) is 9.29. The Morgan fingerprint density at radius 2 is 1.73 bits per heavy atom. The number of hydrogen-bond donors (Lipinski definition) is 0. The number of halogens is 1. The molecule has 1 heterocycles. The van der Waals surface area contributed by atoms with Crippen molar-refractivity contribution < 1.29 is 18.7 Å². The molecule has 0 saturated heterocycles. The van der Waals surface area contributed by atoms with Gasteiger partial charge in [0.05, 0.1) is 18.0 Å². The molecule has 0 fully saturated rings. The van der Waals surface area contributed by atoms with Crippen LogP contribution in [0.3, 0.4) is 0 Å². The van der Waals surface area contributed by atoms with Gasteiger partial charge in [-0.2, -0.15) is 0 Å². The number of aryl methyl sites for hydroxylation is 2. The van der Waals surface area contributed by atoms with Crippen LogP contribution in [0.25, 0.3) is 17.1 Å². The summed E-state index contributed by atoms with van der Waals surface area (Å²) < 4.78 is 20.5. The van der Waals surface area contributed by atoms with Crippen molar-refractivity contribution in [3.63, 3.8) is 0 Å². The monoisotopic (exact) mass is 518 g/mol. The van der Waals surface area contributed by atoms with E-state index in [1.807, 2.05) is 60.9 Å². The summed E-state index contributed by atoms with van der Waals surface area (Å²) in [6.07, 6.45) is 0. The SMILES string of the molecule is CCOC(=O)CN(C(=O)CSc1nnc(-c2ccccc2)n1-c1ccc(C)cc1C)c1ccc(F)cc1. The second-order valence-electron chi connectivity index (χ2n) is 8.35. The highest BCUT2D eigenvalue weighted by atomic mass is 32.2. The molecule has 4 rings (SSSR count). The van der Waals surface area contributed by atoms with Crippen LogP contribution < -0.4 is 4.90 Å². The third-order valence-electron chi connectivity index (χ3n) is 5.62. The van der Waals surface area contributed by atoms with Crippen molar-refractivity contribution in [2.75, 3.05) is 23.8 Å². The number of esters is 1. The number of anilines is 1. The Kier molecular flexibility index (Phi) is 8.35. The van der Waals surface area contributed by atoms with E-state index in [0.717, 1.165) is 22.4 Å². The molecule has 0 unspecified atom stereocenters. The normalized spacial score (nSPS) is 10.8. The number of hydrogen-bond acceptors (Lipinski definition) is 6. The number of carbonyl (C=O) groups excluding carboxylic acids is 2. The summed E-state index contributed by atoms with van der Waals surface area (Å²) in [5.41, 5.74) is 4.38. The number of benzene rings is 3. The van der Waals surface area contributed by atoms with Crippen LogP contribution in [0.4, 0.5) is 10.1 Å². The van der Waals surface area contributed by atoms with Crippen molar-refractivity contribution in [2.45, 2.75) is 25.9 Å². The number of thioether (sulfide) groups is 1. The highest BCUT2D eigenvalue weighted by molar-refractivity contribution is 7.99. The molecule has 0 aliphatic rings. The largest absolute Gasteiger partial charge is 0.465 e. The average molecular weight is 519 g/mol. The summed E-state index contributed by atoms with van der Waals surface area (Å²) in [7, 11) is 0. The Morgan fingerprint density at radius 3 is 2.41 bits per heavy atom. The zero-order valence-corrected chi connectivity index (χ0v) is 21.7. The first kappa shape index (κ1) is 26.1. The highest BCUT2D eigenvalue weighted by Gasteiger charge is 2.23. The van der Waals surface area contributed by atoms with Gasteiger partial charge in [0.2, 0.25) is 5.91 Å². The number of aromatic nitrogens is 3. The fourth-order valence-corrected chi connectivity index (χ4v) is 4.72. The number of amides is 1. The molecule has 9 heteroatoms. The first-order valence-electron chi connectivity index (χ1n) is 11.8. The summed E-state index contributed by atoms with van der Waals surface area (Å²) in [4.78, 5) is 26.8. The van der Waals surface area contributed by atoms with Crippen molar-refractivity contribution in [1.29, 1.82) is 0 Å². The van der Waals surface area contributed by atoms with Gasteiger partial charge in [0.1, 0.15) is 12.4 Å². The van der Waals surface area contributed by atoms with E-state index in [4.69, 9.17) is 4.74 Å². The van der Waals surface area contributed by atoms with E-state index in [9.17, 15) is 14.0 Å². The Morgan fingerprint density at radius 1 is 1.00 bits per heavy atom. The van der Waals surface area contributed by atoms with E-state index in [0.29, 0.717) is 16.7 Å². The van der Waals surface area contributed by atoms with Crippen molar-refractivity contribution >= 4 is 29.3 Å². The van der Waals surface area contributed by atoms with Gasteiger partial charge in [-0.25, -0.2) is 4.39 Å². The van der Waals surface area contributed by atoms with Crippen molar-refractivity contribution in [1.82, 2.24) is 14.8 Å². The first-order chi connectivity index (χ1) is 17.9. The Bertz CT molecular complexity index is 1390. The molecule has 1 amide bonds. The van der Waals surface area contributed by atoms with Gasteiger partial charge in [-0.1, -0.05) is 59.8 Å². The molecule has 0 saturated carbocycles. The smallest absolute Gasteiger partial charge is 0.326 e. The summed E-state index contributed by atoms with van der Waals surface area (Å²) in [5.74, 6) is -0.689. The van der Waals surface area contributed by atoms with Crippen LogP contribution in [0.2, 0.25) is 0 Å². The van der Waals surface area contributed by atoms with E-state index in [-0.39, 0.29) is 24.8 Å². The minimum absolute atomic E-state index is 0.0192. The lowest BCUT2D eigenvalue weighted by Gasteiger charge is -2.22. The number of carbonyl (C=O) groups is 2. The van der Waals surface area contributed by atoms with Crippen LogP contribution in [0.1, 0.15) is 18.1 Å². The van der Waals surface area contributed by atoms with Gasteiger partial charge in [0, 0.05) is 11.3 Å². The van der Waals surface area contributed by atoms with Crippen molar-refractivity contribution in [3.8, 4) is 17.1 Å². The van der Waals surface area contributed by atoms with E-state index in [1.54, 1.807) is 6.92 Å². The number of nitrogens with zero attached hydrogens (tertiary/aromatic N) is 4. The molecule has 0 aliphatic heterocycles. The van der Waals surface area contributed by atoms with Crippen molar-refractivity contribution in [3.05, 3.63) is 89.7 Å². The van der Waals surface area contributed by atoms with Gasteiger partial charge in [-0.05, 0) is 56.7 Å². The van der Waals surface area contributed by atoms with Gasteiger partial charge < -0.3 is 9.64 Å². The molecule has 7 nitrogen and oxygen atoms in total. The number of rotatable bonds is 9. The van der Waals surface area contributed by atoms with E-state index < -0.39 is 11.8 Å². The van der Waals surface area contributed by atoms with Crippen LogP contribution in [-0.4, -0.2) is 45.5 Å². The Labute approximate surface area is 219 Å². The third kappa shape index (κ3) is 6.24. The second kappa shape index (κ2) is 11.8. The molecule has 0 aliphatic carbocycles. The summed E-state index contributed by atoms with van der Waals surface area (Å²) >= 11 is 1.22. The van der Waals surface area contributed by atoms with Crippen LogP contribution in [0.5, 0.6) is 0 Å². The van der Waals surface area contributed by atoms with Gasteiger partial charge in [0.25, 0.3) is 0 Å². The van der Waals surface area contributed by atoms with Gasteiger partial charge in [-0.15, -0.1) is 10.2 Å². The Balaban J connectivity index is 1.65. The molecule has 0 bridgehead atoms. The maximum atomic E-state index is 13.5. The minimum atomic E-state index is -0.546. The lowest BCUT2D eigenvalue weighted by molar-refractivity contribution is -0.142. The molecule has 0 atom stereocenters. The zero-order valence-electron chi connectivity index (χ0n) is 20.8.